The highest BCUT2D eigenvalue weighted by Crippen LogP contribution is 2.23. The summed E-state index contributed by atoms with van der Waals surface area (Å²) in [4.78, 5) is 15.7. The Balaban J connectivity index is 2.74. The number of nitrogens with zero attached hydrogens (tertiary/aromatic N) is 2. The minimum Gasteiger partial charge on any atom is -0.274 e. The predicted octanol–water partition coefficient (Wildman–Crippen LogP) is 3.37. The average Bonchev–Trinajstić information content (AvgIpc) is 2.25. The zero-order chi connectivity index (χ0) is 13.5. The molecule has 8 heteroatoms. The highest BCUT2D eigenvalue weighted by Gasteiger charge is 2.30. The standard InChI is InChI=1S/C10H5BrClF3N2O/c11-6-3-1-2-5-7(6)16-9(12)17(8(5)18)4-10(13,14)15/h1-3H,4H2. The Hall–Kier alpha value is -1.08. The molecule has 1 aromatic carbocycles. The number of hydrogen-bond donors (Lipinski definition) is 0. The van der Waals surface area contributed by atoms with E-state index in [1.54, 1.807) is 12.1 Å². The number of para-hydroxylation sites is 1. The van der Waals surface area contributed by atoms with E-state index in [4.69, 9.17) is 11.6 Å². The van der Waals surface area contributed by atoms with Gasteiger partial charge in [-0.25, -0.2) is 4.98 Å². The number of aromatic nitrogens is 2. The Bertz CT molecular complexity index is 668. The summed E-state index contributed by atoms with van der Waals surface area (Å²) in [6, 6.07) is 4.57. The topological polar surface area (TPSA) is 34.9 Å². The van der Waals surface area contributed by atoms with Gasteiger partial charge in [-0.05, 0) is 39.7 Å². The van der Waals surface area contributed by atoms with Gasteiger partial charge in [0.15, 0.2) is 0 Å². The molecule has 0 radical (unpaired) electrons. The zero-order valence-electron chi connectivity index (χ0n) is 8.63. The Labute approximate surface area is 112 Å². The van der Waals surface area contributed by atoms with Gasteiger partial charge in [-0.15, -0.1) is 0 Å². The highest BCUT2D eigenvalue weighted by molar-refractivity contribution is 9.10. The van der Waals surface area contributed by atoms with Crippen molar-refractivity contribution in [3.05, 3.63) is 38.3 Å². The lowest BCUT2D eigenvalue weighted by atomic mass is 10.2. The molecular formula is C10H5BrClF3N2O. The molecule has 0 saturated carbocycles. The van der Waals surface area contributed by atoms with Gasteiger partial charge in [-0.3, -0.25) is 9.36 Å². The first kappa shape index (κ1) is 13.4. The van der Waals surface area contributed by atoms with Crippen LogP contribution >= 0.6 is 27.5 Å². The van der Waals surface area contributed by atoms with E-state index in [1.165, 1.54) is 6.07 Å². The third kappa shape index (κ3) is 2.51. The summed E-state index contributed by atoms with van der Waals surface area (Å²) in [6.07, 6.45) is -4.53. The second kappa shape index (κ2) is 4.55. The van der Waals surface area contributed by atoms with Gasteiger partial charge in [0, 0.05) is 4.47 Å². The lowest BCUT2D eigenvalue weighted by Gasteiger charge is -2.11. The number of hydrogen-bond acceptors (Lipinski definition) is 2. The molecule has 0 aliphatic rings. The van der Waals surface area contributed by atoms with Crippen molar-refractivity contribution >= 4 is 38.4 Å². The minimum atomic E-state index is -4.53. The van der Waals surface area contributed by atoms with Crippen molar-refractivity contribution in [1.29, 1.82) is 0 Å². The van der Waals surface area contributed by atoms with Gasteiger partial charge in [0.05, 0.1) is 10.9 Å². The summed E-state index contributed by atoms with van der Waals surface area (Å²) >= 11 is 8.78. The largest absolute Gasteiger partial charge is 0.406 e. The summed E-state index contributed by atoms with van der Waals surface area (Å²) in [6.45, 7) is -1.46. The van der Waals surface area contributed by atoms with E-state index in [-0.39, 0.29) is 10.9 Å². The summed E-state index contributed by atoms with van der Waals surface area (Å²) < 4.78 is 37.9. The quantitative estimate of drug-likeness (QED) is 0.745. The molecule has 2 aromatic rings. The molecule has 0 N–H and O–H groups in total. The smallest absolute Gasteiger partial charge is 0.274 e. The van der Waals surface area contributed by atoms with Gasteiger partial charge in [0.1, 0.15) is 6.54 Å². The van der Waals surface area contributed by atoms with Crippen molar-refractivity contribution in [1.82, 2.24) is 9.55 Å². The van der Waals surface area contributed by atoms with E-state index >= 15 is 0 Å². The van der Waals surface area contributed by atoms with Crippen LogP contribution in [0.1, 0.15) is 0 Å². The van der Waals surface area contributed by atoms with Crippen LogP contribution < -0.4 is 5.56 Å². The van der Waals surface area contributed by atoms with Crippen molar-refractivity contribution in [2.24, 2.45) is 0 Å². The van der Waals surface area contributed by atoms with Crippen molar-refractivity contribution in [3.63, 3.8) is 0 Å². The molecule has 0 aliphatic heterocycles. The second-order valence-electron chi connectivity index (χ2n) is 3.52. The molecule has 0 spiro atoms. The van der Waals surface area contributed by atoms with Crippen LogP contribution in [0.5, 0.6) is 0 Å². The average molecular weight is 342 g/mol. The molecule has 2 rings (SSSR count). The maximum atomic E-state index is 12.3. The Morgan fingerprint density at radius 2 is 2.06 bits per heavy atom. The van der Waals surface area contributed by atoms with Crippen LogP contribution in [0.15, 0.2) is 27.5 Å². The number of halogens is 5. The molecule has 1 heterocycles. The summed E-state index contributed by atoms with van der Waals surface area (Å²) in [7, 11) is 0. The maximum Gasteiger partial charge on any atom is 0.406 e. The summed E-state index contributed by atoms with van der Waals surface area (Å²) in [5.74, 6) is 0. The van der Waals surface area contributed by atoms with Crippen LogP contribution in [0.3, 0.4) is 0 Å². The predicted molar refractivity (Wildman–Crippen MR) is 64.8 cm³/mol. The molecule has 0 fully saturated rings. The molecule has 1 aromatic heterocycles. The molecule has 0 saturated heterocycles. The third-order valence-corrected chi connectivity index (χ3v) is 3.15. The molecule has 0 aliphatic carbocycles. The van der Waals surface area contributed by atoms with Crippen LogP contribution in [0.4, 0.5) is 13.2 Å². The van der Waals surface area contributed by atoms with Crippen molar-refractivity contribution in [3.8, 4) is 0 Å². The van der Waals surface area contributed by atoms with Gasteiger partial charge in [0.25, 0.3) is 5.56 Å². The molecule has 3 nitrogen and oxygen atoms in total. The van der Waals surface area contributed by atoms with E-state index in [9.17, 15) is 18.0 Å². The SMILES string of the molecule is O=c1c2cccc(Br)c2nc(Cl)n1CC(F)(F)F. The molecular weight excluding hydrogens is 336 g/mol. The van der Waals surface area contributed by atoms with Crippen LogP contribution in [0.2, 0.25) is 5.28 Å². The number of fused-ring (bicyclic) bond motifs is 1. The van der Waals surface area contributed by atoms with Gasteiger partial charge in [-0.2, -0.15) is 13.2 Å². The number of benzene rings is 1. The zero-order valence-corrected chi connectivity index (χ0v) is 11.0. The minimum absolute atomic E-state index is 0.0815. The van der Waals surface area contributed by atoms with Gasteiger partial charge < -0.3 is 0 Å². The normalized spacial score (nSPS) is 12.1. The van der Waals surface area contributed by atoms with Gasteiger partial charge in [-0.1, -0.05) is 6.07 Å². The third-order valence-electron chi connectivity index (χ3n) is 2.23. The van der Waals surface area contributed by atoms with E-state index in [1.807, 2.05) is 0 Å². The highest BCUT2D eigenvalue weighted by atomic mass is 79.9. The van der Waals surface area contributed by atoms with E-state index < -0.39 is 23.6 Å². The number of alkyl halides is 3. The van der Waals surface area contributed by atoms with Crippen LogP contribution in [0, 0.1) is 0 Å². The van der Waals surface area contributed by atoms with Gasteiger partial charge >= 0.3 is 6.18 Å². The fourth-order valence-corrected chi connectivity index (χ4v) is 2.18. The Morgan fingerprint density at radius 1 is 1.39 bits per heavy atom. The van der Waals surface area contributed by atoms with E-state index in [2.05, 4.69) is 20.9 Å². The lowest BCUT2D eigenvalue weighted by Crippen LogP contribution is -2.29. The fraction of sp³-hybridized carbons (Fsp3) is 0.200. The first-order valence-electron chi connectivity index (χ1n) is 4.71. The first-order valence-corrected chi connectivity index (χ1v) is 5.88. The maximum absolute atomic E-state index is 12.3. The van der Waals surface area contributed by atoms with Crippen LogP contribution in [-0.4, -0.2) is 15.7 Å². The Morgan fingerprint density at radius 3 is 2.67 bits per heavy atom. The molecule has 0 atom stereocenters. The fourth-order valence-electron chi connectivity index (χ4n) is 1.50. The lowest BCUT2D eigenvalue weighted by molar-refractivity contribution is -0.141. The van der Waals surface area contributed by atoms with Gasteiger partial charge in [0.2, 0.25) is 5.28 Å². The van der Waals surface area contributed by atoms with E-state index in [0.717, 1.165) is 0 Å². The second-order valence-corrected chi connectivity index (χ2v) is 4.72. The summed E-state index contributed by atoms with van der Waals surface area (Å²) in [5, 5.41) is -0.408. The van der Waals surface area contributed by atoms with Crippen molar-refractivity contribution in [2.45, 2.75) is 12.7 Å². The molecule has 0 amide bonds. The Kier molecular flexibility index (Phi) is 3.37. The van der Waals surface area contributed by atoms with Crippen molar-refractivity contribution < 1.29 is 13.2 Å². The van der Waals surface area contributed by atoms with E-state index in [0.29, 0.717) is 9.04 Å². The van der Waals surface area contributed by atoms with Crippen LogP contribution in [-0.2, 0) is 6.54 Å². The summed E-state index contributed by atoms with van der Waals surface area (Å²) in [5.41, 5.74) is -0.574. The molecule has 18 heavy (non-hydrogen) atoms. The molecule has 0 unspecified atom stereocenters. The molecule has 96 valence electrons. The van der Waals surface area contributed by atoms with Crippen molar-refractivity contribution in [2.75, 3.05) is 0 Å². The molecule has 0 bridgehead atoms. The van der Waals surface area contributed by atoms with Crippen LogP contribution in [0.25, 0.3) is 10.9 Å². The monoisotopic (exact) mass is 340 g/mol. The number of rotatable bonds is 1. The first-order chi connectivity index (χ1) is 8.29.